The normalized spacial score (nSPS) is 20.8. The molecule has 0 bridgehead atoms. The van der Waals surface area contributed by atoms with E-state index in [0.717, 1.165) is 50.9 Å². The van der Waals surface area contributed by atoms with E-state index < -0.39 is 10.2 Å². The third-order valence-electron chi connectivity index (χ3n) is 3.74. The summed E-state index contributed by atoms with van der Waals surface area (Å²) in [4.78, 5) is 0. The second-order valence-corrected chi connectivity index (χ2v) is 8.41. The molecule has 2 N–H and O–H groups in total. The largest absolute Gasteiger partial charge is 0.316 e. The van der Waals surface area contributed by atoms with Gasteiger partial charge in [-0.2, -0.15) is 24.5 Å². The standard InChI is InChI=1S/C14H31N3O2S2/c1-3-8-15-12-14-7-6-10-17(13-14)21(18,19)16-9-4-5-11-20-2/h14-16H,3-13H2,1-2H3. The Balaban J connectivity index is 2.32. The Morgan fingerprint density at radius 2 is 2.10 bits per heavy atom. The molecule has 5 nitrogen and oxygen atoms in total. The predicted molar refractivity (Wildman–Crippen MR) is 92.0 cm³/mol. The molecule has 7 heteroatoms. The van der Waals surface area contributed by atoms with Crippen LogP contribution in [0.15, 0.2) is 0 Å². The average molecular weight is 338 g/mol. The number of hydrogen-bond donors (Lipinski definition) is 2. The van der Waals surface area contributed by atoms with Crippen molar-refractivity contribution in [1.82, 2.24) is 14.3 Å². The summed E-state index contributed by atoms with van der Waals surface area (Å²) in [6, 6.07) is 0. The molecule has 1 aliphatic heterocycles. The van der Waals surface area contributed by atoms with E-state index in [0.29, 0.717) is 25.6 Å². The molecular formula is C14H31N3O2S2. The topological polar surface area (TPSA) is 61.4 Å². The lowest BCUT2D eigenvalue weighted by atomic mass is 10.00. The lowest BCUT2D eigenvalue weighted by Crippen LogP contribution is -2.47. The van der Waals surface area contributed by atoms with Crippen molar-refractivity contribution in [3.8, 4) is 0 Å². The molecule has 1 atom stereocenters. The highest BCUT2D eigenvalue weighted by Crippen LogP contribution is 2.18. The third-order valence-corrected chi connectivity index (χ3v) is 6.02. The fourth-order valence-electron chi connectivity index (χ4n) is 2.56. The van der Waals surface area contributed by atoms with Crippen molar-refractivity contribution < 1.29 is 8.42 Å². The number of rotatable bonds is 11. The van der Waals surface area contributed by atoms with Gasteiger partial charge in [-0.25, -0.2) is 4.72 Å². The molecule has 21 heavy (non-hydrogen) atoms. The fourth-order valence-corrected chi connectivity index (χ4v) is 4.41. The molecular weight excluding hydrogens is 306 g/mol. The summed E-state index contributed by atoms with van der Waals surface area (Å²) in [5.41, 5.74) is 0. The van der Waals surface area contributed by atoms with Crippen LogP contribution in [-0.2, 0) is 10.2 Å². The monoisotopic (exact) mass is 337 g/mol. The Hall–Kier alpha value is 0.180. The summed E-state index contributed by atoms with van der Waals surface area (Å²) in [7, 11) is -3.29. The van der Waals surface area contributed by atoms with E-state index in [-0.39, 0.29) is 0 Å². The molecule has 0 spiro atoms. The average Bonchev–Trinajstić information content (AvgIpc) is 2.48. The van der Waals surface area contributed by atoms with Gasteiger partial charge in [-0.1, -0.05) is 6.92 Å². The van der Waals surface area contributed by atoms with Gasteiger partial charge in [0.05, 0.1) is 0 Å². The van der Waals surface area contributed by atoms with E-state index in [1.807, 2.05) is 0 Å². The number of unbranched alkanes of at least 4 members (excludes halogenated alkanes) is 1. The van der Waals surface area contributed by atoms with Crippen LogP contribution >= 0.6 is 11.8 Å². The molecule has 1 fully saturated rings. The van der Waals surface area contributed by atoms with Crippen molar-refractivity contribution >= 4 is 22.0 Å². The zero-order valence-electron chi connectivity index (χ0n) is 13.4. The molecule has 0 aromatic carbocycles. The third kappa shape index (κ3) is 7.83. The van der Waals surface area contributed by atoms with Crippen LogP contribution in [0.3, 0.4) is 0 Å². The summed E-state index contributed by atoms with van der Waals surface area (Å²) in [6.07, 6.45) is 7.25. The van der Waals surface area contributed by atoms with Gasteiger partial charge in [0.15, 0.2) is 0 Å². The molecule has 0 radical (unpaired) electrons. The van der Waals surface area contributed by atoms with Gasteiger partial charge >= 0.3 is 0 Å². The number of thioether (sulfide) groups is 1. The van der Waals surface area contributed by atoms with Gasteiger partial charge in [-0.15, -0.1) is 0 Å². The number of nitrogens with one attached hydrogen (secondary N) is 2. The highest BCUT2D eigenvalue weighted by atomic mass is 32.2. The number of hydrogen-bond acceptors (Lipinski definition) is 4. The summed E-state index contributed by atoms with van der Waals surface area (Å²) < 4.78 is 28.9. The lowest BCUT2D eigenvalue weighted by molar-refractivity contribution is 0.258. The second kappa shape index (κ2) is 10.8. The number of piperidine rings is 1. The van der Waals surface area contributed by atoms with Gasteiger partial charge in [-0.3, -0.25) is 0 Å². The smallest absolute Gasteiger partial charge is 0.279 e. The van der Waals surface area contributed by atoms with Gasteiger partial charge in [-0.05, 0) is 63.1 Å². The van der Waals surface area contributed by atoms with Crippen LogP contribution in [0.4, 0.5) is 0 Å². The minimum atomic E-state index is -3.29. The van der Waals surface area contributed by atoms with Gasteiger partial charge in [0.1, 0.15) is 0 Å². The number of nitrogens with zero attached hydrogens (tertiary/aromatic N) is 1. The van der Waals surface area contributed by atoms with Gasteiger partial charge < -0.3 is 5.32 Å². The minimum absolute atomic E-state index is 0.443. The molecule has 1 rings (SSSR count). The quantitative estimate of drug-likeness (QED) is 0.563. The van der Waals surface area contributed by atoms with Crippen molar-refractivity contribution in [3.05, 3.63) is 0 Å². The first-order valence-corrected chi connectivity index (χ1v) is 10.9. The van der Waals surface area contributed by atoms with Crippen LogP contribution < -0.4 is 10.0 Å². The van der Waals surface area contributed by atoms with E-state index >= 15 is 0 Å². The Labute approximate surface area is 134 Å². The van der Waals surface area contributed by atoms with E-state index in [9.17, 15) is 8.42 Å². The zero-order chi connectivity index (χ0) is 15.6. The second-order valence-electron chi connectivity index (χ2n) is 5.67. The van der Waals surface area contributed by atoms with Gasteiger partial charge in [0.2, 0.25) is 0 Å². The Morgan fingerprint density at radius 1 is 1.29 bits per heavy atom. The van der Waals surface area contributed by atoms with Gasteiger partial charge in [0, 0.05) is 19.6 Å². The maximum Gasteiger partial charge on any atom is 0.279 e. The highest BCUT2D eigenvalue weighted by Gasteiger charge is 2.28. The van der Waals surface area contributed by atoms with E-state index in [2.05, 4.69) is 23.2 Å². The van der Waals surface area contributed by atoms with Gasteiger partial charge in [0.25, 0.3) is 10.2 Å². The highest BCUT2D eigenvalue weighted by molar-refractivity contribution is 7.98. The first-order chi connectivity index (χ1) is 10.1. The molecule has 0 aromatic rings. The zero-order valence-corrected chi connectivity index (χ0v) is 15.1. The maximum atomic E-state index is 12.3. The first-order valence-electron chi connectivity index (χ1n) is 8.04. The molecule has 126 valence electrons. The molecule has 1 heterocycles. The summed E-state index contributed by atoms with van der Waals surface area (Å²) in [5.74, 6) is 1.54. The van der Waals surface area contributed by atoms with Crippen LogP contribution in [-0.4, -0.2) is 57.5 Å². The molecule has 0 aromatic heterocycles. The molecule has 1 saturated heterocycles. The SMILES string of the molecule is CCCNCC1CCCN(S(=O)(=O)NCCCCSC)C1. The minimum Gasteiger partial charge on any atom is -0.316 e. The van der Waals surface area contributed by atoms with Crippen molar-refractivity contribution in [2.45, 2.75) is 39.0 Å². The maximum absolute atomic E-state index is 12.3. The Bertz CT molecular complexity index is 363. The van der Waals surface area contributed by atoms with Crippen molar-refractivity contribution in [2.24, 2.45) is 5.92 Å². The van der Waals surface area contributed by atoms with Crippen molar-refractivity contribution in [2.75, 3.05) is 44.7 Å². The lowest BCUT2D eigenvalue weighted by Gasteiger charge is -2.32. The summed E-state index contributed by atoms with van der Waals surface area (Å²) >= 11 is 1.80. The Morgan fingerprint density at radius 3 is 2.81 bits per heavy atom. The molecule has 1 aliphatic rings. The van der Waals surface area contributed by atoms with Crippen LogP contribution in [0.25, 0.3) is 0 Å². The molecule has 1 unspecified atom stereocenters. The van der Waals surface area contributed by atoms with E-state index in [1.54, 1.807) is 16.1 Å². The van der Waals surface area contributed by atoms with Crippen LogP contribution in [0, 0.1) is 5.92 Å². The van der Waals surface area contributed by atoms with Crippen LogP contribution in [0.1, 0.15) is 39.0 Å². The molecule has 0 saturated carbocycles. The van der Waals surface area contributed by atoms with Crippen molar-refractivity contribution in [3.63, 3.8) is 0 Å². The van der Waals surface area contributed by atoms with Crippen LogP contribution in [0.2, 0.25) is 0 Å². The van der Waals surface area contributed by atoms with Crippen molar-refractivity contribution in [1.29, 1.82) is 0 Å². The first kappa shape index (κ1) is 19.2. The van der Waals surface area contributed by atoms with E-state index in [1.165, 1.54) is 0 Å². The van der Waals surface area contributed by atoms with Crippen LogP contribution in [0.5, 0.6) is 0 Å². The summed E-state index contributed by atoms with van der Waals surface area (Å²) in [5, 5.41) is 3.40. The molecule has 0 amide bonds. The summed E-state index contributed by atoms with van der Waals surface area (Å²) in [6.45, 7) is 5.94. The predicted octanol–water partition coefficient (Wildman–Crippen LogP) is 1.68. The molecule has 0 aliphatic carbocycles. The fraction of sp³-hybridized carbons (Fsp3) is 1.00. The van der Waals surface area contributed by atoms with E-state index in [4.69, 9.17) is 0 Å². The Kier molecular flexibility index (Phi) is 9.92.